The van der Waals surface area contributed by atoms with Crippen LogP contribution in [0.1, 0.15) is 25.3 Å². The van der Waals surface area contributed by atoms with E-state index in [1.807, 2.05) is 31.2 Å². The van der Waals surface area contributed by atoms with E-state index in [4.69, 9.17) is 4.74 Å². The Kier molecular flexibility index (Phi) is 4.74. The van der Waals surface area contributed by atoms with E-state index < -0.39 is 17.5 Å². The molecule has 2 N–H and O–H groups in total. The SMILES string of the molecule is Cc1ccc(Oc2ccccc2NC(=O)CN2C(=O)NC(C)(C3CC3)C2=O)cc1. The van der Waals surface area contributed by atoms with Crippen LogP contribution in [0.5, 0.6) is 11.5 Å². The molecule has 7 nitrogen and oxygen atoms in total. The maximum Gasteiger partial charge on any atom is 0.325 e. The zero-order valence-corrected chi connectivity index (χ0v) is 16.4. The number of anilines is 1. The molecule has 7 heteroatoms. The van der Waals surface area contributed by atoms with Crippen molar-refractivity contribution in [2.45, 2.75) is 32.2 Å². The first-order chi connectivity index (χ1) is 13.9. The second-order valence-corrected chi connectivity index (χ2v) is 7.76. The van der Waals surface area contributed by atoms with Crippen molar-refractivity contribution in [3.05, 3.63) is 54.1 Å². The summed E-state index contributed by atoms with van der Waals surface area (Å²) in [5.74, 6) is 0.463. The summed E-state index contributed by atoms with van der Waals surface area (Å²) in [6.45, 7) is 3.38. The van der Waals surface area contributed by atoms with Crippen LogP contribution in [0.4, 0.5) is 10.5 Å². The molecule has 0 aromatic heterocycles. The normalized spacial score (nSPS) is 21.1. The smallest absolute Gasteiger partial charge is 0.325 e. The molecule has 2 aliphatic rings. The summed E-state index contributed by atoms with van der Waals surface area (Å²) in [5, 5.41) is 5.49. The minimum absolute atomic E-state index is 0.149. The van der Waals surface area contributed by atoms with E-state index in [0.717, 1.165) is 23.3 Å². The van der Waals surface area contributed by atoms with Crippen LogP contribution in [-0.4, -0.2) is 34.8 Å². The Balaban J connectivity index is 1.44. The molecule has 4 rings (SSSR count). The average molecular weight is 393 g/mol. The summed E-state index contributed by atoms with van der Waals surface area (Å²) < 4.78 is 5.88. The average Bonchev–Trinajstić information content (AvgIpc) is 3.51. The van der Waals surface area contributed by atoms with Crippen LogP contribution in [0.15, 0.2) is 48.5 Å². The van der Waals surface area contributed by atoms with Crippen LogP contribution < -0.4 is 15.4 Å². The van der Waals surface area contributed by atoms with Gasteiger partial charge in [-0.1, -0.05) is 29.8 Å². The van der Waals surface area contributed by atoms with Crippen LogP contribution in [0.2, 0.25) is 0 Å². The van der Waals surface area contributed by atoms with E-state index in [-0.39, 0.29) is 18.4 Å². The number of para-hydroxylation sites is 2. The lowest BCUT2D eigenvalue weighted by Crippen LogP contribution is -2.46. The monoisotopic (exact) mass is 393 g/mol. The lowest BCUT2D eigenvalue weighted by Gasteiger charge is -2.20. The zero-order valence-electron chi connectivity index (χ0n) is 16.4. The number of hydrogen-bond acceptors (Lipinski definition) is 4. The van der Waals surface area contributed by atoms with Gasteiger partial charge >= 0.3 is 6.03 Å². The lowest BCUT2D eigenvalue weighted by molar-refractivity contribution is -0.134. The molecule has 4 amide bonds. The van der Waals surface area contributed by atoms with Gasteiger partial charge in [0.05, 0.1) is 5.69 Å². The highest BCUT2D eigenvalue weighted by atomic mass is 16.5. The fraction of sp³-hybridized carbons (Fsp3) is 0.318. The molecule has 1 unspecified atom stereocenters. The molecular weight excluding hydrogens is 370 g/mol. The number of imide groups is 1. The van der Waals surface area contributed by atoms with Crippen molar-refractivity contribution in [3.8, 4) is 11.5 Å². The Labute approximate surface area is 169 Å². The Hall–Kier alpha value is -3.35. The molecule has 2 aromatic rings. The van der Waals surface area contributed by atoms with Crippen molar-refractivity contribution in [1.82, 2.24) is 10.2 Å². The fourth-order valence-corrected chi connectivity index (χ4v) is 3.52. The van der Waals surface area contributed by atoms with Gasteiger partial charge < -0.3 is 15.4 Å². The van der Waals surface area contributed by atoms with Crippen LogP contribution >= 0.6 is 0 Å². The number of hydrogen-bond donors (Lipinski definition) is 2. The number of nitrogens with zero attached hydrogens (tertiary/aromatic N) is 1. The molecule has 2 fully saturated rings. The predicted molar refractivity (Wildman–Crippen MR) is 108 cm³/mol. The van der Waals surface area contributed by atoms with Gasteiger partial charge in [-0.15, -0.1) is 0 Å². The third kappa shape index (κ3) is 3.81. The number of carbonyl (C=O) groups is 3. The minimum Gasteiger partial charge on any atom is -0.455 e. The topological polar surface area (TPSA) is 87.7 Å². The number of carbonyl (C=O) groups excluding carboxylic acids is 3. The summed E-state index contributed by atoms with van der Waals surface area (Å²) in [5.41, 5.74) is 0.685. The van der Waals surface area contributed by atoms with Crippen molar-refractivity contribution in [1.29, 1.82) is 0 Å². The first-order valence-electron chi connectivity index (χ1n) is 9.64. The standard InChI is InChI=1S/C22H23N3O4/c1-14-7-11-16(12-8-14)29-18-6-4-3-5-17(18)23-19(26)13-25-20(27)22(2,15-9-10-15)24-21(25)28/h3-8,11-12,15H,9-10,13H2,1-2H3,(H,23,26)(H,24,28). The van der Waals surface area contributed by atoms with Crippen LogP contribution in [0.25, 0.3) is 0 Å². The first kappa shape index (κ1) is 19.0. The third-order valence-corrected chi connectivity index (χ3v) is 5.41. The van der Waals surface area contributed by atoms with Gasteiger partial charge in [-0.25, -0.2) is 4.79 Å². The number of ether oxygens (including phenoxy) is 1. The van der Waals surface area contributed by atoms with Crippen LogP contribution in [-0.2, 0) is 9.59 Å². The largest absolute Gasteiger partial charge is 0.455 e. The number of benzene rings is 2. The lowest BCUT2D eigenvalue weighted by atomic mass is 9.96. The Morgan fingerprint density at radius 1 is 1.17 bits per heavy atom. The maximum absolute atomic E-state index is 12.7. The van der Waals surface area contributed by atoms with E-state index in [1.165, 1.54) is 0 Å². The summed E-state index contributed by atoms with van der Waals surface area (Å²) >= 11 is 0. The number of rotatable bonds is 6. The molecule has 150 valence electrons. The highest BCUT2D eigenvalue weighted by Gasteiger charge is 2.56. The zero-order chi connectivity index (χ0) is 20.6. The van der Waals surface area contributed by atoms with E-state index in [0.29, 0.717) is 17.2 Å². The number of nitrogens with one attached hydrogen (secondary N) is 2. The van der Waals surface area contributed by atoms with Crippen LogP contribution in [0.3, 0.4) is 0 Å². The molecule has 0 radical (unpaired) electrons. The number of urea groups is 1. The van der Waals surface area contributed by atoms with Crippen molar-refractivity contribution in [3.63, 3.8) is 0 Å². The van der Waals surface area contributed by atoms with Crippen molar-refractivity contribution in [2.24, 2.45) is 5.92 Å². The maximum atomic E-state index is 12.7. The second kappa shape index (κ2) is 7.24. The molecule has 2 aromatic carbocycles. The van der Waals surface area contributed by atoms with Gasteiger partial charge in [0.25, 0.3) is 5.91 Å². The summed E-state index contributed by atoms with van der Waals surface area (Å²) in [6, 6.07) is 14.1. The highest BCUT2D eigenvalue weighted by molar-refractivity contribution is 6.10. The third-order valence-electron chi connectivity index (χ3n) is 5.41. The molecule has 1 saturated carbocycles. The van der Waals surface area contributed by atoms with Gasteiger partial charge in [0.1, 0.15) is 17.8 Å². The van der Waals surface area contributed by atoms with Crippen molar-refractivity contribution >= 4 is 23.5 Å². The summed E-state index contributed by atoms with van der Waals surface area (Å²) in [7, 11) is 0. The molecule has 29 heavy (non-hydrogen) atoms. The Morgan fingerprint density at radius 2 is 1.86 bits per heavy atom. The summed E-state index contributed by atoms with van der Waals surface area (Å²) in [6.07, 6.45) is 1.82. The van der Waals surface area contributed by atoms with Crippen molar-refractivity contribution in [2.75, 3.05) is 11.9 Å². The molecule has 1 aliphatic heterocycles. The molecule has 1 atom stereocenters. The predicted octanol–water partition coefficient (Wildman–Crippen LogP) is 3.45. The van der Waals surface area contributed by atoms with E-state index >= 15 is 0 Å². The second-order valence-electron chi connectivity index (χ2n) is 7.76. The van der Waals surface area contributed by atoms with Gasteiger partial charge in [0, 0.05) is 0 Å². The van der Waals surface area contributed by atoms with Gasteiger partial charge in [0.15, 0.2) is 5.75 Å². The quantitative estimate of drug-likeness (QED) is 0.736. The molecule has 0 bridgehead atoms. The molecular formula is C22H23N3O4. The highest BCUT2D eigenvalue weighted by Crippen LogP contribution is 2.42. The van der Waals surface area contributed by atoms with E-state index in [1.54, 1.807) is 31.2 Å². The molecule has 1 aliphatic carbocycles. The minimum atomic E-state index is -0.899. The van der Waals surface area contributed by atoms with Gasteiger partial charge in [-0.05, 0) is 56.9 Å². The number of amides is 4. The van der Waals surface area contributed by atoms with Gasteiger partial charge in [-0.3, -0.25) is 14.5 Å². The molecule has 1 heterocycles. The van der Waals surface area contributed by atoms with Gasteiger partial charge in [0.2, 0.25) is 5.91 Å². The van der Waals surface area contributed by atoms with Gasteiger partial charge in [-0.2, -0.15) is 0 Å². The summed E-state index contributed by atoms with van der Waals surface area (Å²) in [4.78, 5) is 38.5. The van der Waals surface area contributed by atoms with E-state index in [2.05, 4.69) is 10.6 Å². The van der Waals surface area contributed by atoms with Crippen LogP contribution in [0, 0.1) is 12.8 Å². The number of aryl methyl sites for hydroxylation is 1. The Morgan fingerprint density at radius 3 is 2.55 bits per heavy atom. The Bertz CT molecular complexity index is 968. The molecule has 0 spiro atoms. The van der Waals surface area contributed by atoms with Crippen molar-refractivity contribution < 1.29 is 19.1 Å². The van der Waals surface area contributed by atoms with E-state index in [9.17, 15) is 14.4 Å². The fourth-order valence-electron chi connectivity index (χ4n) is 3.52. The molecule has 1 saturated heterocycles. The first-order valence-corrected chi connectivity index (χ1v) is 9.64.